The second kappa shape index (κ2) is 44.5. The standard InChI is InChI=1S/C49H89NO5/c1-3-5-7-9-11-13-15-17-19-23-27-31-35-39-43-49(54)55-44-40-36-32-28-24-20-22-26-30-34-38-42-48(53)50-46(45-51)47(52)41-37-33-29-25-21-18-16-14-12-10-8-6-4-2/h9,11,15,17,24,28,37,41,46-47,51-52H,3-8,10,12-14,16,18-23,25-27,29-36,38-40,42-45H2,1-2H3,(H,50,53)/b11-9-,17-15-,28-24-,41-37+. The van der Waals surface area contributed by atoms with Gasteiger partial charge in [0.25, 0.3) is 0 Å². The van der Waals surface area contributed by atoms with E-state index in [1.807, 2.05) is 6.08 Å². The Morgan fingerprint density at radius 1 is 0.509 bits per heavy atom. The SMILES string of the molecule is CCCC/C=C\C/C=C\CCCCCCCC(=O)OCCCC/C=C\CCCCCCCC(=O)NC(CO)C(O)/C=C/CCCCCCCCCCCCC. The molecule has 0 spiro atoms. The van der Waals surface area contributed by atoms with Gasteiger partial charge in [-0.15, -0.1) is 0 Å². The van der Waals surface area contributed by atoms with Crippen LogP contribution in [0.3, 0.4) is 0 Å². The molecule has 0 saturated carbocycles. The van der Waals surface area contributed by atoms with Crippen LogP contribution in [0.1, 0.15) is 226 Å². The largest absolute Gasteiger partial charge is 0.466 e. The van der Waals surface area contributed by atoms with Gasteiger partial charge in [0.15, 0.2) is 0 Å². The van der Waals surface area contributed by atoms with Crippen molar-refractivity contribution < 1.29 is 24.5 Å². The summed E-state index contributed by atoms with van der Waals surface area (Å²) in [5, 5.41) is 23.0. The average Bonchev–Trinajstić information content (AvgIpc) is 3.18. The van der Waals surface area contributed by atoms with Crippen molar-refractivity contribution in [1.82, 2.24) is 5.32 Å². The predicted molar refractivity (Wildman–Crippen MR) is 236 cm³/mol. The molecule has 6 nitrogen and oxygen atoms in total. The van der Waals surface area contributed by atoms with Crippen molar-refractivity contribution in [3.8, 4) is 0 Å². The molecule has 0 fully saturated rings. The van der Waals surface area contributed by atoms with E-state index in [4.69, 9.17) is 4.74 Å². The summed E-state index contributed by atoms with van der Waals surface area (Å²) in [6.07, 6.45) is 53.8. The Morgan fingerprint density at radius 2 is 0.927 bits per heavy atom. The van der Waals surface area contributed by atoms with Crippen molar-refractivity contribution in [2.24, 2.45) is 0 Å². The Hall–Kier alpha value is -2.18. The molecular formula is C49H89NO5. The van der Waals surface area contributed by atoms with Crippen molar-refractivity contribution in [3.63, 3.8) is 0 Å². The summed E-state index contributed by atoms with van der Waals surface area (Å²) in [5.74, 6) is -0.150. The van der Waals surface area contributed by atoms with Crippen LogP contribution < -0.4 is 5.32 Å². The number of amides is 1. The van der Waals surface area contributed by atoms with Gasteiger partial charge in [0.2, 0.25) is 5.91 Å². The zero-order valence-electron chi connectivity index (χ0n) is 36.1. The zero-order valence-corrected chi connectivity index (χ0v) is 36.1. The van der Waals surface area contributed by atoms with Crippen LogP contribution in [0.5, 0.6) is 0 Å². The number of ether oxygens (including phenoxy) is 1. The van der Waals surface area contributed by atoms with Crippen LogP contribution in [0.25, 0.3) is 0 Å². The molecule has 0 rings (SSSR count). The minimum atomic E-state index is -0.863. The molecule has 3 N–H and O–H groups in total. The molecule has 0 aliphatic heterocycles. The number of aliphatic hydroxyl groups excluding tert-OH is 2. The second-order valence-electron chi connectivity index (χ2n) is 15.7. The summed E-state index contributed by atoms with van der Waals surface area (Å²) in [6, 6.07) is -0.649. The molecule has 0 aliphatic carbocycles. The number of carbonyl (C=O) groups is 2. The fourth-order valence-corrected chi connectivity index (χ4v) is 6.64. The minimum Gasteiger partial charge on any atom is -0.466 e. The van der Waals surface area contributed by atoms with Gasteiger partial charge in [-0.1, -0.05) is 178 Å². The number of allylic oxidation sites excluding steroid dienone is 7. The lowest BCUT2D eigenvalue weighted by molar-refractivity contribution is -0.143. The highest BCUT2D eigenvalue weighted by atomic mass is 16.5. The number of hydrogen-bond acceptors (Lipinski definition) is 5. The predicted octanol–water partition coefficient (Wildman–Crippen LogP) is 13.5. The number of carbonyl (C=O) groups excluding carboxylic acids is 2. The van der Waals surface area contributed by atoms with Crippen molar-refractivity contribution in [1.29, 1.82) is 0 Å². The van der Waals surface area contributed by atoms with E-state index in [1.165, 1.54) is 103 Å². The van der Waals surface area contributed by atoms with Gasteiger partial charge >= 0.3 is 5.97 Å². The third-order valence-corrected chi connectivity index (χ3v) is 10.3. The number of aliphatic hydroxyl groups is 2. The molecule has 0 aromatic rings. The summed E-state index contributed by atoms with van der Waals surface area (Å²) in [6.45, 7) is 4.75. The van der Waals surface area contributed by atoms with E-state index in [9.17, 15) is 19.8 Å². The number of esters is 1. The Kier molecular flexibility index (Phi) is 42.8. The van der Waals surface area contributed by atoms with Crippen molar-refractivity contribution in [2.45, 2.75) is 238 Å². The number of unbranched alkanes of at least 4 members (excludes halogenated alkanes) is 25. The Morgan fingerprint density at radius 3 is 1.45 bits per heavy atom. The van der Waals surface area contributed by atoms with E-state index in [1.54, 1.807) is 6.08 Å². The van der Waals surface area contributed by atoms with E-state index in [-0.39, 0.29) is 18.5 Å². The van der Waals surface area contributed by atoms with Gasteiger partial charge in [-0.05, 0) is 83.5 Å². The highest BCUT2D eigenvalue weighted by molar-refractivity contribution is 5.76. The summed E-state index contributed by atoms with van der Waals surface area (Å²) in [4.78, 5) is 24.4. The zero-order chi connectivity index (χ0) is 40.1. The van der Waals surface area contributed by atoms with Crippen LogP contribution in [0.15, 0.2) is 48.6 Å². The van der Waals surface area contributed by atoms with Gasteiger partial charge in [-0.3, -0.25) is 9.59 Å². The molecule has 0 aromatic heterocycles. The molecule has 2 unspecified atom stereocenters. The van der Waals surface area contributed by atoms with Crippen LogP contribution in [-0.4, -0.2) is 47.4 Å². The van der Waals surface area contributed by atoms with E-state index in [2.05, 4.69) is 55.6 Å². The van der Waals surface area contributed by atoms with Crippen LogP contribution in [-0.2, 0) is 14.3 Å². The topological polar surface area (TPSA) is 95.9 Å². The molecule has 0 aromatic carbocycles. The van der Waals surface area contributed by atoms with Crippen molar-refractivity contribution in [3.05, 3.63) is 48.6 Å². The molecular weight excluding hydrogens is 683 g/mol. The maximum atomic E-state index is 12.4. The summed E-state index contributed by atoms with van der Waals surface area (Å²) >= 11 is 0. The average molecular weight is 772 g/mol. The van der Waals surface area contributed by atoms with Crippen LogP contribution in [0.2, 0.25) is 0 Å². The maximum Gasteiger partial charge on any atom is 0.305 e. The lowest BCUT2D eigenvalue weighted by Gasteiger charge is -2.20. The molecule has 6 heteroatoms. The number of nitrogens with one attached hydrogen (secondary N) is 1. The number of rotatable bonds is 42. The first-order valence-corrected chi connectivity index (χ1v) is 23.4. The maximum absolute atomic E-state index is 12.4. The molecule has 0 saturated heterocycles. The highest BCUT2D eigenvalue weighted by Gasteiger charge is 2.18. The van der Waals surface area contributed by atoms with E-state index in [0.717, 1.165) is 96.3 Å². The molecule has 0 bridgehead atoms. The van der Waals surface area contributed by atoms with Crippen LogP contribution in [0.4, 0.5) is 0 Å². The molecule has 0 aliphatic rings. The van der Waals surface area contributed by atoms with Crippen molar-refractivity contribution in [2.75, 3.05) is 13.2 Å². The first kappa shape index (κ1) is 52.8. The quantitative estimate of drug-likeness (QED) is 0.0326. The Labute approximate surface area is 340 Å². The molecule has 320 valence electrons. The fraction of sp³-hybridized carbons (Fsp3) is 0.796. The lowest BCUT2D eigenvalue weighted by atomic mass is 10.0. The smallest absolute Gasteiger partial charge is 0.305 e. The molecule has 0 radical (unpaired) electrons. The third-order valence-electron chi connectivity index (χ3n) is 10.3. The molecule has 2 atom stereocenters. The van der Waals surface area contributed by atoms with Crippen LogP contribution in [0, 0.1) is 0 Å². The van der Waals surface area contributed by atoms with Gasteiger partial charge in [-0.2, -0.15) is 0 Å². The Bertz CT molecular complexity index is 942. The summed E-state index contributed by atoms with van der Waals surface area (Å²) in [7, 11) is 0. The number of hydrogen-bond donors (Lipinski definition) is 3. The van der Waals surface area contributed by atoms with E-state index in [0.29, 0.717) is 19.4 Å². The summed E-state index contributed by atoms with van der Waals surface area (Å²) in [5.41, 5.74) is 0. The molecule has 1 amide bonds. The van der Waals surface area contributed by atoms with Crippen LogP contribution >= 0.6 is 0 Å². The van der Waals surface area contributed by atoms with E-state index >= 15 is 0 Å². The van der Waals surface area contributed by atoms with Crippen molar-refractivity contribution >= 4 is 11.9 Å². The van der Waals surface area contributed by atoms with Gasteiger partial charge in [0, 0.05) is 12.8 Å². The van der Waals surface area contributed by atoms with Gasteiger partial charge in [0.1, 0.15) is 0 Å². The normalized spacial score (nSPS) is 13.2. The Balaban J connectivity index is 3.59. The van der Waals surface area contributed by atoms with Gasteiger partial charge < -0.3 is 20.3 Å². The first-order chi connectivity index (χ1) is 27.0. The fourth-order valence-electron chi connectivity index (χ4n) is 6.64. The van der Waals surface area contributed by atoms with Gasteiger partial charge in [-0.25, -0.2) is 0 Å². The summed E-state index contributed by atoms with van der Waals surface area (Å²) < 4.78 is 5.41. The third kappa shape index (κ3) is 41.3. The second-order valence-corrected chi connectivity index (χ2v) is 15.7. The first-order valence-electron chi connectivity index (χ1n) is 23.4. The van der Waals surface area contributed by atoms with E-state index < -0.39 is 12.1 Å². The highest BCUT2D eigenvalue weighted by Crippen LogP contribution is 2.13. The molecule has 0 heterocycles. The minimum absolute atomic E-state index is 0.0490. The lowest BCUT2D eigenvalue weighted by Crippen LogP contribution is -2.45. The molecule has 55 heavy (non-hydrogen) atoms. The monoisotopic (exact) mass is 772 g/mol. The van der Waals surface area contributed by atoms with Gasteiger partial charge in [0.05, 0.1) is 25.4 Å².